The minimum Gasteiger partial charge on any atom is -0.343 e. The first-order valence-corrected chi connectivity index (χ1v) is 7.21. The quantitative estimate of drug-likeness (QED) is 0.779. The van der Waals surface area contributed by atoms with Crippen LogP contribution < -0.4 is 10.6 Å². The molecule has 21 heavy (non-hydrogen) atoms. The maximum Gasteiger partial charge on any atom is 0.251 e. The number of hydrogen-bond donors (Lipinski definition) is 2. The molecule has 108 valence electrons. The Hall–Kier alpha value is -1.96. The summed E-state index contributed by atoms with van der Waals surface area (Å²) >= 11 is 2.16. The number of rotatable bonds is 4. The van der Waals surface area contributed by atoms with E-state index in [0.717, 1.165) is 9.64 Å². The van der Waals surface area contributed by atoms with Crippen molar-refractivity contribution < 1.29 is 14.0 Å². The first-order valence-electron chi connectivity index (χ1n) is 6.14. The predicted octanol–water partition coefficient (Wildman–Crippen LogP) is 2.80. The maximum absolute atomic E-state index is 13.0. The van der Waals surface area contributed by atoms with Gasteiger partial charge >= 0.3 is 0 Å². The lowest BCUT2D eigenvalue weighted by atomic mass is 10.2. The third-order valence-corrected chi connectivity index (χ3v) is 3.34. The number of benzene rings is 2. The molecular formula is C15H12FIN2O2. The van der Waals surface area contributed by atoms with Crippen LogP contribution in [0, 0.1) is 9.39 Å². The molecule has 0 aromatic heterocycles. The smallest absolute Gasteiger partial charge is 0.251 e. The molecule has 0 spiro atoms. The molecule has 2 aromatic carbocycles. The van der Waals surface area contributed by atoms with E-state index in [2.05, 4.69) is 33.2 Å². The van der Waals surface area contributed by atoms with Crippen molar-refractivity contribution in [3.63, 3.8) is 0 Å². The Balaban J connectivity index is 1.86. The minimum absolute atomic E-state index is 0.178. The Morgan fingerprint density at radius 3 is 2.48 bits per heavy atom. The van der Waals surface area contributed by atoms with Gasteiger partial charge in [0.2, 0.25) is 5.91 Å². The summed E-state index contributed by atoms with van der Waals surface area (Å²) in [6.07, 6.45) is 0. The zero-order valence-corrected chi connectivity index (χ0v) is 13.1. The summed E-state index contributed by atoms with van der Waals surface area (Å²) in [5.41, 5.74) is 0.831. The Bertz CT molecular complexity index is 659. The molecular weight excluding hydrogens is 386 g/mol. The summed E-state index contributed by atoms with van der Waals surface area (Å²) in [6.45, 7) is -0.179. The van der Waals surface area contributed by atoms with Gasteiger partial charge in [-0.1, -0.05) is 6.07 Å². The third-order valence-electron chi connectivity index (χ3n) is 2.62. The average molecular weight is 398 g/mol. The Morgan fingerprint density at radius 2 is 1.81 bits per heavy atom. The van der Waals surface area contributed by atoms with Gasteiger partial charge in [-0.25, -0.2) is 4.39 Å². The highest BCUT2D eigenvalue weighted by molar-refractivity contribution is 14.1. The molecule has 0 atom stereocenters. The first kappa shape index (κ1) is 15.4. The predicted molar refractivity (Wildman–Crippen MR) is 86.5 cm³/mol. The van der Waals surface area contributed by atoms with Crippen LogP contribution in [0.15, 0.2) is 48.5 Å². The molecule has 0 unspecified atom stereocenters. The lowest BCUT2D eigenvalue weighted by molar-refractivity contribution is -0.115. The van der Waals surface area contributed by atoms with E-state index in [1.54, 1.807) is 12.1 Å². The van der Waals surface area contributed by atoms with Gasteiger partial charge in [0, 0.05) is 14.8 Å². The van der Waals surface area contributed by atoms with E-state index >= 15 is 0 Å². The Labute approximate surface area is 134 Å². The zero-order valence-electron chi connectivity index (χ0n) is 10.9. The number of carbonyl (C=O) groups is 2. The van der Waals surface area contributed by atoms with Crippen molar-refractivity contribution >= 4 is 40.1 Å². The van der Waals surface area contributed by atoms with Gasteiger partial charge in [-0.15, -0.1) is 0 Å². The lowest BCUT2D eigenvalue weighted by Crippen LogP contribution is -2.32. The SMILES string of the molecule is O=C(CNC(=O)c1cccc(F)c1)Nc1ccc(I)cc1. The average Bonchev–Trinajstić information content (AvgIpc) is 2.47. The van der Waals surface area contributed by atoms with Crippen molar-refractivity contribution in [1.29, 1.82) is 0 Å². The Morgan fingerprint density at radius 1 is 1.10 bits per heavy atom. The normalized spacial score (nSPS) is 10.0. The monoisotopic (exact) mass is 398 g/mol. The molecule has 0 aliphatic rings. The van der Waals surface area contributed by atoms with Crippen LogP contribution in [0.25, 0.3) is 0 Å². The first-order chi connectivity index (χ1) is 10.0. The molecule has 0 saturated carbocycles. The van der Waals surface area contributed by atoms with Crippen LogP contribution in [0.4, 0.5) is 10.1 Å². The highest BCUT2D eigenvalue weighted by atomic mass is 127. The summed E-state index contributed by atoms with van der Waals surface area (Å²) in [4.78, 5) is 23.4. The molecule has 4 nitrogen and oxygen atoms in total. The zero-order chi connectivity index (χ0) is 15.2. The molecule has 2 rings (SSSR count). The second-order valence-corrected chi connectivity index (χ2v) is 5.49. The molecule has 0 bridgehead atoms. The molecule has 0 fully saturated rings. The van der Waals surface area contributed by atoms with Gasteiger partial charge in [0.25, 0.3) is 5.91 Å². The van der Waals surface area contributed by atoms with Crippen LogP contribution in [0.2, 0.25) is 0 Å². The van der Waals surface area contributed by atoms with Crippen molar-refractivity contribution in [2.24, 2.45) is 0 Å². The van der Waals surface area contributed by atoms with E-state index in [1.807, 2.05) is 12.1 Å². The van der Waals surface area contributed by atoms with Gasteiger partial charge in [-0.2, -0.15) is 0 Å². The van der Waals surface area contributed by atoms with Crippen molar-refractivity contribution in [1.82, 2.24) is 5.32 Å². The maximum atomic E-state index is 13.0. The molecule has 6 heteroatoms. The summed E-state index contributed by atoms with van der Waals surface area (Å²) in [5, 5.41) is 5.09. The van der Waals surface area contributed by atoms with E-state index in [9.17, 15) is 14.0 Å². The van der Waals surface area contributed by atoms with E-state index < -0.39 is 11.7 Å². The molecule has 0 aliphatic heterocycles. The molecule has 0 saturated heterocycles. The van der Waals surface area contributed by atoms with Crippen LogP contribution >= 0.6 is 22.6 Å². The summed E-state index contributed by atoms with van der Waals surface area (Å²) < 4.78 is 14.0. The number of halogens is 2. The topological polar surface area (TPSA) is 58.2 Å². The molecule has 0 heterocycles. The third kappa shape index (κ3) is 4.82. The minimum atomic E-state index is -0.494. The van der Waals surface area contributed by atoms with Crippen molar-refractivity contribution in [2.75, 3.05) is 11.9 Å². The van der Waals surface area contributed by atoms with Crippen LogP contribution in [-0.2, 0) is 4.79 Å². The lowest BCUT2D eigenvalue weighted by Gasteiger charge is -2.07. The van der Waals surface area contributed by atoms with Crippen molar-refractivity contribution in [3.8, 4) is 0 Å². The molecule has 2 amide bonds. The fourth-order valence-electron chi connectivity index (χ4n) is 1.63. The van der Waals surface area contributed by atoms with Gasteiger partial charge < -0.3 is 10.6 Å². The van der Waals surface area contributed by atoms with Gasteiger partial charge in [-0.05, 0) is 65.1 Å². The van der Waals surface area contributed by atoms with Gasteiger partial charge in [0.1, 0.15) is 5.82 Å². The fourth-order valence-corrected chi connectivity index (χ4v) is 1.99. The number of carbonyl (C=O) groups excluding carboxylic acids is 2. The Kier molecular flexibility index (Phi) is 5.26. The number of amides is 2. The molecule has 0 aliphatic carbocycles. The van der Waals surface area contributed by atoms with Crippen LogP contribution in [0.5, 0.6) is 0 Å². The highest BCUT2D eigenvalue weighted by Gasteiger charge is 2.08. The summed E-state index contributed by atoms with van der Waals surface area (Å²) in [6, 6.07) is 12.6. The van der Waals surface area contributed by atoms with E-state index in [-0.39, 0.29) is 18.0 Å². The number of anilines is 1. The van der Waals surface area contributed by atoms with Gasteiger partial charge in [0.15, 0.2) is 0 Å². The van der Waals surface area contributed by atoms with Gasteiger partial charge in [0.05, 0.1) is 6.54 Å². The van der Waals surface area contributed by atoms with E-state index in [0.29, 0.717) is 5.69 Å². The second kappa shape index (κ2) is 7.16. The largest absolute Gasteiger partial charge is 0.343 e. The molecule has 0 radical (unpaired) electrons. The molecule has 2 N–H and O–H groups in total. The van der Waals surface area contributed by atoms with Crippen LogP contribution in [-0.4, -0.2) is 18.4 Å². The number of nitrogens with one attached hydrogen (secondary N) is 2. The highest BCUT2D eigenvalue weighted by Crippen LogP contribution is 2.10. The van der Waals surface area contributed by atoms with Crippen LogP contribution in [0.3, 0.4) is 0 Å². The van der Waals surface area contributed by atoms with E-state index in [4.69, 9.17) is 0 Å². The van der Waals surface area contributed by atoms with Crippen LogP contribution in [0.1, 0.15) is 10.4 Å². The fraction of sp³-hybridized carbons (Fsp3) is 0.0667. The standard InChI is InChI=1S/C15H12FIN2O2/c16-11-3-1-2-10(8-11)15(21)18-9-14(20)19-13-6-4-12(17)5-7-13/h1-8H,9H2,(H,18,21)(H,19,20). The van der Waals surface area contributed by atoms with Crippen molar-refractivity contribution in [3.05, 3.63) is 63.5 Å². The summed E-state index contributed by atoms with van der Waals surface area (Å²) in [7, 11) is 0. The van der Waals surface area contributed by atoms with Crippen molar-refractivity contribution in [2.45, 2.75) is 0 Å². The second-order valence-electron chi connectivity index (χ2n) is 4.25. The summed E-state index contributed by atoms with van der Waals surface area (Å²) in [5.74, 6) is -1.33. The molecule has 2 aromatic rings. The van der Waals surface area contributed by atoms with E-state index in [1.165, 1.54) is 18.2 Å². The number of hydrogen-bond acceptors (Lipinski definition) is 2. The van der Waals surface area contributed by atoms with Gasteiger partial charge in [-0.3, -0.25) is 9.59 Å².